The third kappa shape index (κ3) is 5.56. The lowest BCUT2D eigenvalue weighted by atomic mass is 9.98. The lowest BCUT2D eigenvalue weighted by Gasteiger charge is -2.35. The molecule has 0 aliphatic carbocycles. The summed E-state index contributed by atoms with van der Waals surface area (Å²) in [6.45, 7) is 3.88. The highest BCUT2D eigenvalue weighted by Gasteiger charge is 2.32. The van der Waals surface area contributed by atoms with Crippen LogP contribution in [-0.4, -0.2) is 70.5 Å². The molecule has 1 fully saturated rings. The number of hydrogen-bond donors (Lipinski definition) is 1. The number of rotatable bonds is 8. The van der Waals surface area contributed by atoms with Crippen molar-refractivity contribution in [3.05, 3.63) is 64.6 Å². The first kappa shape index (κ1) is 26.2. The minimum atomic E-state index is -0.961. The fraction of sp³-hybridized carbons (Fsp3) is 0.393. The van der Waals surface area contributed by atoms with Gasteiger partial charge in [-0.25, -0.2) is 18.7 Å². The average molecular weight is 540 g/mol. The molecule has 1 aliphatic rings. The van der Waals surface area contributed by atoms with E-state index in [0.29, 0.717) is 36.6 Å². The number of halogens is 2. The number of ether oxygens (including phenoxy) is 1. The van der Waals surface area contributed by atoms with Gasteiger partial charge in [-0.05, 0) is 70.1 Å². The fourth-order valence-electron chi connectivity index (χ4n) is 4.85. The van der Waals surface area contributed by atoms with E-state index in [1.165, 1.54) is 17.4 Å². The number of aromatic amines is 1. The topological polar surface area (TPSA) is 74.3 Å². The molecule has 1 N–H and O–H groups in total. The van der Waals surface area contributed by atoms with Crippen LogP contribution in [0, 0.1) is 18.6 Å². The molecule has 0 saturated carbocycles. The maximum absolute atomic E-state index is 14.2. The fourth-order valence-corrected chi connectivity index (χ4v) is 5.75. The van der Waals surface area contributed by atoms with Crippen LogP contribution in [0.15, 0.2) is 36.4 Å². The van der Waals surface area contributed by atoms with Crippen LogP contribution in [0.5, 0.6) is 5.75 Å². The number of carbonyl (C=O) groups is 1. The minimum Gasteiger partial charge on any atom is -0.492 e. The number of aryl methyl sites for hydroxylation is 1. The Hall–Kier alpha value is -3.37. The summed E-state index contributed by atoms with van der Waals surface area (Å²) in [5.41, 5.74) is 1.75. The number of benzene rings is 2. The summed E-state index contributed by atoms with van der Waals surface area (Å²) < 4.78 is 33.8. The summed E-state index contributed by atoms with van der Waals surface area (Å²) in [6, 6.07) is 10.2. The van der Waals surface area contributed by atoms with Crippen molar-refractivity contribution in [1.29, 1.82) is 0 Å². The zero-order chi connectivity index (χ0) is 26.8. The second-order valence-corrected chi connectivity index (χ2v) is 11.1. The van der Waals surface area contributed by atoms with Crippen molar-refractivity contribution in [2.75, 3.05) is 33.8 Å². The van der Waals surface area contributed by atoms with Crippen molar-refractivity contribution >= 4 is 28.3 Å². The molecule has 0 radical (unpaired) electrons. The number of imidazole rings is 1. The highest BCUT2D eigenvalue weighted by atomic mass is 32.1. The first-order chi connectivity index (χ1) is 18.3. The molecular weight excluding hydrogens is 508 g/mol. The Morgan fingerprint density at radius 2 is 2.05 bits per heavy atom. The standard InChI is InChI=1S/C28H31F2N5O2S/c1-17-31-26(27(38-17)18-7-6-9-20(15-18)37-14-13-34(2)3)28(36)35-12-5-4-8-19(35)16-23-32-22-11-10-21(29)24(30)25(22)33-23/h6-7,9-11,15,19H,4-5,8,12-14,16H2,1-3H3,(H,32,33). The molecule has 200 valence electrons. The first-order valence-corrected chi connectivity index (χ1v) is 13.6. The van der Waals surface area contributed by atoms with E-state index in [4.69, 9.17) is 4.74 Å². The minimum absolute atomic E-state index is 0.0150. The van der Waals surface area contributed by atoms with E-state index >= 15 is 0 Å². The van der Waals surface area contributed by atoms with E-state index in [1.807, 2.05) is 50.2 Å². The van der Waals surface area contributed by atoms with Crippen LogP contribution in [0.2, 0.25) is 0 Å². The van der Waals surface area contributed by atoms with Gasteiger partial charge in [-0.1, -0.05) is 12.1 Å². The number of likely N-dealkylation sites (tertiary alicyclic amines) is 1. The van der Waals surface area contributed by atoms with Gasteiger partial charge in [0.1, 0.15) is 29.4 Å². The molecule has 0 bridgehead atoms. The number of H-pyrrole nitrogens is 1. The average Bonchev–Trinajstić information content (AvgIpc) is 3.50. The second kappa shape index (κ2) is 11.2. The SMILES string of the molecule is Cc1nc(C(=O)N2CCCCC2Cc2nc3c(F)c(F)ccc3[nH]2)c(-c2cccc(OCCN(C)C)c2)s1. The molecule has 4 aromatic rings. The number of thiazole rings is 1. The number of hydrogen-bond acceptors (Lipinski definition) is 6. The summed E-state index contributed by atoms with van der Waals surface area (Å²) in [7, 11) is 4.00. The first-order valence-electron chi connectivity index (χ1n) is 12.8. The van der Waals surface area contributed by atoms with Crippen LogP contribution in [0.3, 0.4) is 0 Å². The van der Waals surface area contributed by atoms with Gasteiger partial charge in [0, 0.05) is 25.6 Å². The Morgan fingerprint density at radius 1 is 1.21 bits per heavy atom. The van der Waals surface area contributed by atoms with E-state index in [9.17, 15) is 13.6 Å². The summed E-state index contributed by atoms with van der Waals surface area (Å²) in [6.07, 6.45) is 3.10. The van der Waals surface area contributed by atoms with Crippen molar-refractivity contribution < 1.29 is 18.3 Å². The number of aromatic nitrogens is 3. The molecule has 38 heavy (non-hydrogen) atoms. The van der Waals surface area contributed by atoms with Crippen molar-refractivity contribution in [1.82, 2.24) is 24.8 Å². The van der Waals surface area contributed by atoms with Crippen LogP contribution in [0.25, 0.3) is 21.5 Å². The third-order valence-corrected chi connectivity index (χ3v) is 7.77. The van der Waals surface area contributed by atoms with Crippen molar-refractivity contribution in [2.45, 2.75) is 38.6 Å². The summed E-state index contributed by atoms with van der Waals surface area (Å²) in [5, 5.41) is 0.811. The van der Waals surface area contributed by atoms with Gasteiger partial charge in [0.05, 0.1) is 15.4 Å². The Morgan fingerprint density at radius 3 is 2.87 bits per heavy atom. The molecule has 1 unspecified atom stereocenters. The molecule has 1 atom stereocenters. The highest BCUT2D eigenvalue weighted by Crippen LogP contribution is 2.34. The van der Waals surface area contributed by atoms with Crippen molar-refractivity contribution in [3.63, 3.8) is 0 Å². The van der Waals surface area contributed by atoms with Gasteiger partial charge < -0.3 is 19.5 Å². The lowest BCUT2D eigenvalue weighted by Crippen LogP contribution is -2.45. The number of nitrogens with one attached hydrogen (secondary N) is 1. The summed E-state index contributed by atoms with van der Waals surface area (Å²) in [4.78, 5) is 30.7. The van der Waals surface area contributed by atoms with Crippen molar-refractivity contribution in [2.24, 2.45) is 0 Å². The highest BCUT2D eigenvalue weighted by molar-refractivity contribution is 7.15. The van der Waals surface area contributed by atoms with Gasteiger partial charge in [0.15, 0.2) is 11.6 Å². The van der Waals surface area contributed by atoms with Crippen LogP contribution in [-0.2, 0) is 6.42 Å². The van der Waals surface area contributed by atoms with Gasteiger partial charge in [-0.3, -0.25) is 4.79 Å². The molecule has 2 aromatic carbocycles. The van der Waals surface area contributed by atoms with E-state index < -0.39 is 11.6 Å². The quantitative estimate of drug-likeness (QED) is 0.322. The molecule has 10 heteroatoms. The number of nitrogens with zero attached hydrogens (tertiary/aromatic N) is 4. The van der Waals surface area contributed by atoms with Crippen LogP contribution < -0.4 is 4.74 Å². The van der Waals surface area contributed by atoms with Crippen LogP contribution in [0.1, 0.15) is 40.6 Å². The predicted molar refractivity (Wildman–Crippen MR) is 145 cm³/mol. The molecule has 1 aliphatic heterocycles. The second-order valence-electron chi connectivity index (χ2n) is 9.88. The molecular formula is C28H31F2N5O2S. The molecule has 0 spiro atoms. The van der Waals surface area contributed by atoms with Crippen LogP contribution >= 0.6 is 11.3 Å². The third-order valence-electron chi connectivity index (χ3n) is 6.75. The van der Waals surface area contributed by atoms with Gasteiger partial charge in [0.2, 0.25) is 0 Å². The van der Waals surface area contributed by atoms with E-state index in [-0.39, 0.29) is 17.5 Å². The largest absolute Gasteiger partial charge is 0.492 e. The number of piperidine rings is 1. The lowest BCUT2D eigenvalue weighted by molar-refractivity contribution is 0.0607. The van der Waals surface area contributed by atoms with Crippen molar-refractivity contribution in [3.8, 4) is 16.2 Å². The molecule has 1 saturated heterocycles. The predicted octanol–water partition coefficient (Wildman–Crippen LogP) is 5.45. The van der Waals surface area contributed by atoms with E-state index in [0.717, 1.165) is 53.1 Å². The zero-order valence-corrected chi connectivity index (χ0v) is 22.6. The molecule has 3 heterocycles. The Balaban J connectivity index is 1.39. The zero-order valence-electron chi connectivity index (χ0n) is 21.8. The number of likely N-dealkylation sites (N-methyl/N-ethyl adjacent to an activating group) is 1. The van der Waals surface area contributed by atoms with Gasteiger partial charge in [-0.2, -0.15) is 0 Å². The van der Waals surface area contributed by atoms with E-state index in [1.54, 1.807) is 0 Å². The molecule has 5 rings (SSSR count). The van der Waals surface area contributed by atoms with Crippen LogP contribution in [0.4, 0.5) is 8.78 Å². The summed E-state index contributed by atoms with van der Waals surface area (Å²) >= 11 is 1.49. The van der Waals surface area contributed by atoms with E-state index in [2.05, 4.69) is 19.9 Å². The monoisotopic (exact) mass is 539 g/mol. The number of fused-ring (bicyclic) bond motifs is 1. The molecule has 1 amide bonds. The number of carbonyl (C=O) groups excluding carboxylic acids is 1. The van der Waals surface area contributed by atoms with Gasteiger partial charge in [-0.15, -0.1) is 11.3 Å². The molecule has 7 nitrogen and oxygen atoms in total. The Bertz CT molecular complexity index is 1450. The maximum atomic E-state index is 14.2. The van der Waals surface area contributed by atoms with Gasteiger partial charge in [0.25, 0.3) is 5.91 Å². The Kier molecular flexibility index (Phi) is 7.71. The maximum Gasteiger partial charge on any atom is 0.274 e. The van der Waals surface area contributed by atoms with Gasteiger partial charge >= 0.3 is 0 Å². The molecule has 2 aromatic heterocycles. The smallest absolute Gasteiger partial charge is 0.274 e. The normalized spacial score (nSPS) is 15.9. The summed E-state index contributed by atoms with van der Waals surface area (Å²) in [5.74, 6) is -0.730. The Labute approximate surface area is 224 Å². The number of amides is 1.